The van der Waals surface area contributed by atoms with Gasteiger partial charge in [0.15, 0.2) is 0 Å². The van der Waals surface area contributed by atoms with Gasteiger partial charge in [-0.15, -0.1) is 11.6 Å². The van der Waals surface area contributed by atoms with Crippen molar-refractivity contribution in [1.29, 1.82) is 0 Å². The van der Waals surface area contributed by atoms with Crippen molar-refractivity contribution in [1.82, 2.24) is 0 Å². The highest BCUT2D eigenvalue weighted by atomic mass is 35.5. The van der Waals surface area contributed by atoms with Gasteiger partial charge < -0.3 is 4.74 Å². The smallest absolute Gasteiger partial charge is 0.372 e. The van der Waals surface area contributed by atoms with Crippen LogP contribution in [-0.4, -0.2) is 25.3 Å². The lowest BCUT2D eigenvalue weighted by molar-refractivity contribution is -0.175. The van der Waals surface area contributed by atoms with Crippen molar-refractivity contribution >= 4 is 11.6 Å². The lowest BCUT2D eigenvalue weighted by atomic mass is 9.87. The van der Waals surface area contributed by atoms with Gasteiger partial charge in [-0.1, -0.05) is 13.8 Å². The molecule has 0 rings (SSSR count). The molecule has 0 aliphatic rings. The van der Waals surface area contributed by atoms with Gasteiger partial charge >= 0.3 is 6.18 Å². The van der Waals surface area contributed by atoms with Gasteiger partial charge in [0, 0.05) is 12.5 Å². The molecule has 0 aliphatic heterocycles. The van der Waals surface area contributed by atoms with Crippen LogP contribution in [0.1, 0.15) is 26.7 Å². The van der Waals surface area contributed by atoms with Crippen LogP contribution in [0.2, 0.25) is 0 Å². The molecule has 0 saturated carbocycles. The summed E-state index contributed by atoms with van der Waals surface area (Å²) >= 11 is 5.70. The molecule has 5 heteroatoms. The van der Waals surface area contributed by atoms with Crippen LogP contribution in [0.4, 0.5) is 13.2 Å². The third-order valence-corrected chi connectivity index (χ3v) is 2.94. The highest BCUT2D eigenvalue weighted by Crippen LogP contribution is 2.27. The summed E-state index contributed by atoms with van der Waals surface area (Å²) < 4.78 is 39.6. The van der Waals surface area contributed by atoms with Crippen LogP contribution in [0.5, 0.6) is 0 Å². The van der Waals surface area contributed by atoms with Gasteiger partial charge in [-0.3, -0.25) is 0 Å². The van der Waals surface area contributed by atoms with Crippen LogP contribution in [-0.2, 0) is 4.74 Å². The molecule has 0 heterocycles. The van der Waals surface area contributed by atoms with E-state index in [1.54, 1.807) is 0 Å². The fourth-order valence-corrected chi connectivity index (χ4v) is 1.17. The Morgan fingerprint density at radius 2 is 1.86 bits per heavy atom. The van der Waals surface area contributed by atoms with Crippen LogP contribution >= 0.6 is 11.6 Å². The first-order valence-corrected chi connectivity index (χ1v) is 5.07. The molecule has 0 aromatic rings. The summed E-state index contributed by atoms with van der Waals surface area (Å²) in [7, 11) is 0. The van der Waals surface area contributed by atoms with Gasteiger partial charge in [0.1, 0.15) is 6.61 Å². The molecule has 0 bridgehead atoms. The van der Waals surface area contributed by atoms with Crippen molar-refractivity contribution in [2.75, 3.05) is 19.1 Å². The molecule has 1 unspecified atom stereocenters. The van der Waals surface area contributed by atoms with Gasteiger partial charge in [-0.05, 0) is 18.3 Å². The Labute approximate surface area is 87.6 Å². The van der Waals surface area contributed by atoms with E-state index in [2.05, 4.69) is 4.74 Å². The minimum atomic E-state index is -4.23. The largest absolute Gasteiger partial charge is 0.411 e. The highest BCUT2D eigenvalue weighted by Gasteiger charge is 2.28. The van der Waals surface area contributed by atoms with Crippen LogP contribution < -0.4 is 0 Å². The number of hydrogen-bond acceptors (Lipinski definition) is 1. The van der Waals surface area contributed by atoms with Gasteiger partial charge in [-0.2, -0.15) is 13.2 Å². The first kappa shape index (κ1) is 14.0. The molecule has 0 saturated heterocycles. The molecule has 0 aromatic carbocycles. The minimum absolute atomic E-state index is 0.108. The second-order valence-corrected chi connectivity index (χ2v) is 3.98. The monoisotopic (exact) mass is 232 g/mol. The number of alkyl halides is 4. The van der Waals surface area contributed by atoms with Crippen molar-refractivity contribution < 1.29 is 17.9 Å². The normalized spacial score (nSPS) is 16.7. The van der Waals surface area contributed by atoms with E-state index in [1.165, 1.54) is 0 Å². The fraction of sp³-hybridized carbons (Fsp3) is 1.00. The van der Waals surface area contributed by atoms with Crippen LogP contribution in [0.25, 0.3) is 0 Å². The Hall–Kier alpha value is 0.0400. The quantitative estimate of drug-likeness (QED) is 0.502. The number of hydrogen-bond donors (Lipinski definition) is 0. The standard InChI is InChI=1S/C9H16ClF3O/c1-3-8(2,6-10)4-5-14-7-9(11,12)13/h3-7H2,1-2H3. The summed E-state index contributed by atoms with van der Waals surface area (Å²) in [5.74, 6) is 0.443. The van der Waals surface area contributed by atoms with E-state index in [4.69, 9.17) is 11.6 Å². The molecule has 0 amide bonds. The highest BCUT2D eigenvalue weighted by molar-refractivity contribution is 6.18. The molecule has 0 spiro atoms. The van der Waals surface area contributed by atoms with E-state index in [1.807, 2.05) is 13.8 Å². The zero-order valence-corrected chi connectivity index (χ0v) is 9.21. The Balaban J connectivity index is 3.63. The fourth-order valence-electron chi connectivity index (χ4n) is 0.845. The average molecular weight is 233 g/mol. The number of ether oxygens (including phenoxy) is 1. The third-order valence-electron chi connectivity index (χ3n) is 2.29. The van der Waals surface area contributed by atoms with Gasteiger partial charge in [0.25, 0.3) is 0 Å². The Morgan fingerprint density at radius 1 is 1.29 bits per heavy atom. The number of halogens is 4. The zero-order chi connectivity index (χ0) is 11.2. The van der Waals surface area contributed by atoms with E-state index < -0.39 is 12.8 Å². The summed E-state index contributed by atoms with van der Waals surface area (Å²) in [5, 5.41) is 0. The van der Waals surface area contributed by atoms with Crippen molar-refractivity contribution in [3.63, 3.8) is 0 Å². The second kappa shape index (κ2) is 5.81. The van der Waals surface area contributed by atoms with E-state index >= 15 is 0 Å². The van der Waals surface area contributed by atoms with Crippen LogP contribution in [0.15, 0.2) is 0 Å². The van der Waals surface area contributed by atoms with Gasteiger partial charge in [0.05, 0.1) is 0 Å². The first-order chi connectivity index (χ1) is 6.33. The lowest BCUT2D eigenvalue weighted by Gasteiger charge is -2.25. The summed E-state index contributed by atoms with van der Waals surface area (Å²) in [4.78, 5) is 0. The molecule has 0 aromatic heterocycles. The summed E-state index contributed by atoms with van der Waals surface area (Å²) in [6, 6.07) is 0. The maximum atomic E-state index is 11.7. The molecule has 1 nitrogen and oxygen atoms in total. The number of rotatable bonds is 6. The Morgan fingerprint density at radius 3 is 2.21 bits per heavy atom. The van der Waals surface area contributed by atoms with Crippen LogP contribution in [0.3, 0.4) is 0 Å². The zero-order valence-electron chi connectivity index (χ0n) is 8.46. The Kier molecular flexibility index (Phi) is 5.83. The predicted molar refractivity (Wildman–Crippen MR) is 50.6 cm³/mol. The maximum Gasteiger partial charge on any atom is 0.411 e. The molecule has 86 valence electrons. The van der Waals surface area contributed by atoms with Gasteiger partial charge in [-0.25, -0.2) is 0 Å². The topological polar surface area (TPSA) is 9.23 Å². The minimum Gasteiger partial charge on any atom is -0.372 e. The average Bonchev–Trinajstić information content (AvgIpc) is 2.11. The van der Waals surface area contributed by atoms with Crippen LogP contribution in [0, 0.1) is 5.41 Å². The van der Waals surface area contributed by atoms with E-state index in [0.717, 1.165) is 6.42 Å². The van der Waals surface area contributed by atoms with Crippen molar-refractivity contribution in [3.8, 4) is 0 Å². The molecule has 0 N–H and O–H groups in total. The summed E-state index contributed by atoms with van der Waals surface area (Å²) in [5.41, 5.74) is -0.118. The Bertz CT molecular complexity index is 155. The van der Waals surface area contributed by atoms with Crippen molar-refractivity contribution in [2.24, 2.45) is 5.41 Å². The summed E-state index contributed by atoms with van der Waals surface area (Å²) in [6.45, 7) is 2.84. The molecule has 14 heavy (non-hydrogen) atoms. The van der Waals surface area contributed by atoms with Gasteiger partial charge in [0.2, 0.25) is 0 Å². The molecule has 0 aliphatic carbocycles. The molecular formula is C9H16ClF3O. The van der Waals surface area contributed by atoms with Crippen molar-refractivity contribution in [2.45, 2.75) is 32.9 Å². The molecule has 1 atom stereocenters. The van der Waals surface area contributed by atoms with E-state index in [-0.39, 0.29) is 12.0 Å². The summed E-state index contributed by atoms with van der Waals surface area (Å²) in [6.07, 6.45) is -2.83. The third kappa shape index (κ3) is 6.49. The lowest BCUT2D eigenvalue weighted by Crippen LogP contribution is -2.23. The van der Waals surface area contributed by atoms with E-state index in [9.17, 15) is 13.2 Å². The van der Waals surface area contributed by atoms with Crippen molar-refractivity contribution in [3.05, 3.63) is 0 Å². The second-order valence-electron chi connectivity index (χ2n) is 3.72. The first-order valence-electron chi connectivity index (χ1n) is 4.53. The maximum absolute atomic E-state index is 11.7. The molecule has 0 fully saturated rings. The van der Waals surface area contributed by atoms with E-state index in [0.29, 0.717) is 12.3 Å². The molecular weight excluding hydrogens is 217 g/mol. The molecule has 0 radical (unpaired) electrons. The predicted octanol–water partition coefficient (Wildman–Crippen LogP) is 3.61. The SMILES string of the molecule is CCC(C)(CCl)CCOCC(F)(F)F.